The van der Waals surface area contributed by atoms with Gasteiger partial charge in [-0.2, -0.15) is 0 Å². The van der Waals surface area contributed by atoms with Crippen LogP contribution >= 0.6 is 0 Å². The Morgan fingerprint density at radius 3 is 3.25 bits per heavy atom. The van der Waals surface area contributed by atoms with Crippen LogP contribution in [0.1, 0.15) is 6.42 Å². The van der Waals surface area contributed by atoms with Crippen molar-refractivity contribution in [3.05, 3.63) is 11.8 Å². The van der Waals surface area contributed by atoms with Crippen molar-refractivity contribution in [3.8, 4) is 0 Å². The molecule has 0 aromatic rings. The molecule has 2 aliphatic rings. The van der Waals surface area contributed by atoms with E-state index in [1.165, 1.54) is 5.57 Å². The average Bonchev–Trinajstić information content (AvgIpc) is 2.55. The molecule has 66 valence electrons. The first-order chi connectivity index (χ1) is 5.81. The zero-order chi connectivity index (χ0) is 8.55. The summed E-state index contributed by atoms with van der Waals surface area (Å²) in [5, 5.41) is 0. The van der Waals surface area contributed by atoms with Gasteiger partial charge >= 0.3 is 6.09 Å². The fourth-order valence-corrected chi connectivity index (χ4v) is 1.69. The van der Waals surface area contributed by atoms with Gasteiger partial charge in [0.1, 0.15) is 6.61 Å². The van der Waals surface area contributed by atoms with Crippen molar-refractivity contribution >= 4 is 6.09 Å². The van der Waals surface area contributed by atoms with Crippen LogP contribution in [0.3, 0.4) is 0 Å². The van der Waals surface area contributed by atoms with Crippen molar-refractivity contribution in [2.45, 2.75) is 12.5 Å². The molecule has 0 radical (unpaired) electrons. The fraction of sp³-hybridized carbons (Fsp3) is 0.625. The first-order valence-electron chi connectivity index (χ1n) is 3.95. The first-order valence-corrected chi connectivity index (χ1v) is 3.95. The minimum absolute atomic E-state index is 0.195. The molecule has 0 aliphatic carbocycles. The second-order valence-electron chi connectivity index (χ2n) is 3.07. The van der Waals surface area contributed by atoms with Crippen molar-refractivity contribution < 1.29 is 14.3 Å². The summed E-state index contributed by atoms with van der Waals surface area (Å²) >= 11 is 0. The van der Waals surface area contributed by atoms with Gasteiger partial charge in [-0.25, -0.2) is 4.79 Å². The van der Waals surface area contributed by atoms with Gasteiger partial charge < -0.3 is 9.47 Å². The number of rotatable bonds is 1. The molecule has 4 nitrogen and oxygen atoms in total. The second kappa shape index (κ2) is 2.69. The van der Waals surface area contributed by atoms with Gasteiger partial charge in [-0.15, -0.1) is 0 Å². The second-order valence-corrected chi connectivity index (χ2v) is 3.07. The quantitative estimate of drug-likeness (QED) is 0.543. The Hall–Kier alpha value is -1.19. The van der Waals surface area contributed by atoms with Gasteiger partial charge in [-0.3, -0.25) is 4.90 Å². The van der Waals surface area contributed by atoms with Crippen LogP contribution in [0.25, 0.3) is 0 Å². The summed E-state index contributed by atoms with van der Waals surface area (Å²) in [6.07, 6.45) is 2.41. The Morgan fingerprint density at radius 1 is 1.75 bits per heavy atom. The normalized spacial score (nSPS) is 30.8. The van der Waals surface area contributed by atoms with Crippen LogP contribution in [0.2, 0.25) is 0 Å². The lowest BCUT2D eigenvalue weighted by atomic mass is 10.2. The highest BCUT2D eigenvalue weighted by Gasteiger charge is 2.38. The van der Waals surface area contributed by atoms with E-state index < -0.39 is 0 Å². The highest BCUT2D eigenvalue weighted by Crippen LogP contribution is 2.27. The number of nitrogens with zero attached hydrogens (tertiary/aromatic N) is 1. The van der Waals surface area contributed by atoms with E-state index in [2.05, 4.69) is 0 Å². The SMILES string of the molecule is COC=C1CC2COC(=O)N2C1. The van der Waals surface area contributed by atoms with Crippen LogP contribution in [0.15, 0.2) is 11.8 Å². The third-order valence-electron chi connectivity index (χ3n) is 2.23. The highest BCUT2D eigenvalue weighted by molar-refractivity contribution is 5.71. The Kier molecular flexibility index (Phi) is 1.67. The van der Waals surface area contributed by atoms with Crippen molar-refractivity contribution in [2.24, 2.45) is 0 Å². The summed E-state index contributed by atoms with van der Waals surface area (Å²) in [5.74, 6) is 0. The first kappa shape index (κ1) is 7.46. The van der Waals surface area contributed by atoms with Crippen LogP contribution in [0.5, 0.6) is 0 Å². The summed E-state index contributed by atoms with van der Waals surface area (Å²) in [6.45, 7) is 1.19. The van der Waals surface area contributed by atoms with Crippen molar-refractivity contribution in [2.75, 3.05) is 20.3 Å². The number of hydrogen-bond donors (Lipinski definition) is 0. The van der Waals surface area contributed by atoms with Gasteiger partial charge in [0.25, 0.3) is 0 Å². The average molecular weight is 169 g/mol. The Bertz CT molecular complexity index is 236. The number of ether oxygens (including phenoxy) is 2. The van der Waals surface area contributed by atoms with Gasteiger partial charge in [0.05, 0.1) is 19.4 Å². The molecule has 0 saturated carbocycles. The minimum atomic E-state index is -0.195. The summed E-state index contributed by atoms with van der Waals surface area (Å²) < 4.78 is 9.75. The molecule has 0 aromatic heterocycles. The lowest BCUT2D eigenvalue weighted by molar-refractivity contribution is 0.160. The van der Waals surface area contributed by atoms with Crippen LogP contribution in [-0.2, 0) is 9.47 Å². The maximum Gasteiger partial charge on any atom is 0.410 e. The van der Waals surface area contributed by atoms with Gasteiger partial charge in [0.2, 0.25) is 0 Å². The molecule has 12 heavy (non-hydrogen) atoms. The lowest BCUT2D eigenvalue weighted by Crippen LogP contribution is -2.26. The molecular formula is C8H11NO3. The molecule has 0 bridgehead atoms. The van der Waals surface area contributed by atoms with Crippen LogP contribution in [-0.4, -0.2) is 37.3 Å². The predicted octanol–water partition coefficient (Wildman–Crippen LogP) is 0.741. The van der Waals surface area contributed by atoms with Crippen LogP contribution < -0.4 is 0 Å². The molecule has 1 unspecified atom stereocenters. The van der Waals surface area contributed by atoms with E-state index in [9.17, 15) is 4.79 Å². The topological polar surface area (TPSA) is 38.8 Å². The molecule has 0 N–H and O–H groups in total. The van der Waals surface area contributed by atoms with E-state index in [1.807, 2.05) is 0 Å². The third-order valence-corrected chi connectivity index (χ3v) is 2.23. The van der Waals surface area contributed by atoms with E-state index in [1.54, 1.807) is 18.3 Å². The van der Waals surface area contributed by atoms with E-state index in [0.29, 0.717) is 13.2 Å². The number of carbonyl (C=O) groups excluding carboxylic acids is 1. The molecular weight excluding hydrogens is 158 g/mol. The van der Waals surface area contributed by atoms with Crippen molar-refractivity contribution in [3.63, 3.8) is 0 Å². The Morgan fingerprint density at radius 2 is 2.58 bits per heavy atom. The molecule has 2 fully saturated rings. The molecule has 4 heteroatoms. The molecule has 2 rings (SSSR count). The van der Waals surface area contributed by atoms with Gasteiger partial charge in [0, 0.05) is 6.54 Å². The monoisotopic (exact) mass is 169 g/mol. The van der Waals surface area contributed by atoms with Crippen molar-refractivity contribution in [1.29, 1.82) is 0 Å². The zero-order valence-electron chi connectivity index (χ0n) is 6.95. The fourth-order valence-electron chi connectivity index (χ4n) is 1.69. The maximum absolute atomic E-state index is 11.0. The summed E-state index contributed by atoms with van der Waals surface area (Å²) in [4.78, 5) is 12.8. The standard InChI is InChI=1S/C8H11NO3/c1-11-4-6-2-7-5-12-8(10)9(7)3-6/h4,7H,2-3,5H2,1H3. The van der Waals surface area contributed by atoms with Gasteiger partial charge in [-0.1, -0.05) is 0 Å². The highest BCUT2D eigenvalue weighted by atomic mass is 16.6. The number of amides is 1. The summed E-state index contributed by atoms with van der Waals surface area (Å²) in [7, 11) is 1.62. The number of carbonyl (C=O) groups is 1. The third kappa shape index (κ3) is 1.03. The van der Waals surface area contributed by atoms with Gasteiger partial charge in [0.15, 0.2) is 0 Å². The molecule has 1 atom stereocenters. The number of hydrogen-bond acceptors (Lipinski definition) is 3. The number of fused-ring (bicyclic) bond motifs is 1. The maximum atomic E-state index is 11.0. The van der Waals surface area contributed by atoms with Crippen LogP contribution in [0, 0.1) is 0 Å². The Balaban J connectivity index is 2.07. The predicted molar refractivity (Wildman–Crippen MR) is 41.6 cm³/mol. The summed E-state index contributed by atoms with van der Waals surface area (Å²) in [6, 6.07) is 0.249. The van der Waals surface area contributed by atoms with Crippen LogP contribution in [0.4, 0.5) is 4.79 Å². The molecule has 2 saturated heterocycles. The smallest absolute Gasteiger partial charge is 0.410 e. The minimum Gasteiger partial charge on any atom is -0.504 e. The van der Waals surface area contributed by atoms with E-state index in [-0.39, 0.29) is 12.1 Å². The molecule has 0 aromatic carbocycles. The molecule has 1 amide bonds. The number of methoxy groups -OCH3 is 1. The largest absolute Gasteiger partial charge is 0.504 e. The van der Waals surface area contributed by atoms with E-state index in [0.717, 1.165) is 6.42 Å². The lowest BCUT2D eigenvalue weighted by Gasteiger charge is -2.07. The van der Waals surface area contributed by atoms with Crippen molar-refractivity contribution in [1.82, 2.24) is 4.90 Å². The molecule has 2 aliphatic heterocycles. The summed E-state index contributed by atoms with van der Waals surface area (Å²) in [5.41, 5.74) is 1.17. The Labute approximate surface area is 70.7 Å². The number of cyclic esters (lactones) is 1. The zero-order valence-corrected chi connectivity index (χ0v) is 6.95. The van der Waals surface area contributed by atoms with Gasteiger partial charge in [-0.05, 0) is 12.0 Å². The van der Waals surface area contributed by atoms with E-state index >= 15 is 0 Å². The molecule has 2 heterocycles. The molecule has 0 spiro atoms. The van der Waals surface area contributed by atoms with E-state index in [4.69, 9.17) is 9.47 Å².